The maximum atomic E-state index is 13.9. The SMILES string of the molecule is COc1ccc(CN2CCN(c3nnc(Cc4ccccn4)n3C)CC2)cc1F. The van der Waals surface area contributed by atoms with Crippen LogP contribution >= 0.6 is 0 Å². The molecule has 0 amide bonds. The Hall–Kier alpha value is -3.00. The van der Waals surface area contributed by atoms with E-state index in [-0.39, 0.29) is 11.6 Å². The first-order chi connectivity index (χ1) is 14.1. The highest BCUT2D eigenvalue weighted by Crippen LogP contribution is 2.20. The van der Waals surface area contributed by atoms with Gasteiger partial charge in [-0.1, -0.05) is 12.1 Å². The molecule has 29 heavy (non-hydrogen) atoms. The van der Waals surface area contributed by atoms with E-state index in [1.807, 2.05) is 35.9 Å². The normalized spacial score (nSPS) is 14.9. The van der Waals surface area contributed by atoms with Gasteiger partial charge in [-0.2, -0.15) is 0 Å². The molecule has 0 aliphatic carbocycles. The van der Waals surface area contributed by atoms with Crippen molar-refractivity contribution in [2.75, 3.05) is 38.2 Å². The van der Waals surface area contributed by atoms with E-state index in [2.05, 4.69) is 25.0 Å². The summed E-state index contributed by atoms with van der Waals surface area (Å²) >= 11 is 0. The third-order valence-corrected chi connectivity index (χ3v) is 5.28. The molecule has 0 N–H and O–H groups in total. The lowest BCUT2D eigenvalue weighted by Gasteiger charge is -2.35. The van der Waals surface area contributed by atoms with Gasteiger partial charge in [-0.05, 0) is 29.8 Å². The largest absolute Gasteiger partial charge is 0.494 e. The molecule has 0 bridgehead atoms. The van der Waals surface area contributed by atoms with E-state index in [1.54, 1.807) is 18.3 Å². The van der Waals surface area contributed by atoms with Crippen LogP contribution in [0.5, 0.6) is 5.75 Å². The molecule has 3 heterocycles. The highest BCUT2D eigenvalue weighted by atomic mass is 19.1. The monoisotopic (exact) mass is 396 g/mol. The minimum Gasteiger partial charge on any atom is -0.494 e. The summed E-state index contributed by atoms with van der Waals surface area (Å²) in [5.74, 6) is 1.74. The fourth-order valence-corrected chi connectivity index (χ4v) is 3.62. The molecule has 1 saturated heterocycles. The Labute approximate surface area is 169 Å². The molecule has 7 nitrogen and oxygen atoms in total. The van der Waals surface area contributed by atoms with Crippen LogP contribution in [0.1, 0.15) is 17.1 Å². The van der Waals surface area contributed by atoms with Crippen LogP contribution in [0.2, 0.25) is 0 Å². The summed E-state index contributed by atoms with van der Waals surface area (Å²) in [6, 6.07) is 11.0. The Kier molecular flexibility index (Phi) is 5.71. The number of hydrogen-bond donors (Lipinski definition) is 0. The summed E-state index contributed by atoms with van der Waals surface area (Å²) < 4.78 is 21.0. The van der Waals surface area contributed by atoms with Crippen LogP contribution < -0.4 is 9.64 Å². The maximum Gasteiger partial charge on any atom is 0.227 e. The van der Waals surface area contributed by atoms with E-state index in [0.29, 0.717) is 6.42 Å². The predicted molar refractivity (Wildman–Crippen MR) is 108 cm³/mol. The zero-order chi connectivity index (χ0) is 20.2. The van der Waals surface area contributed by atoms with E-state index in [0.717, 1.165) is 55.8 Å². The molecule has 0 unspecified atom stereocenters. The first-order valence-corrected chi connectivity index (χ1v) is 9.72. The summed E-state index contributed by atoms with van der Waals surface area (Å²) in [5, 5.41) is 8.77. The molecule has 0 atom stereocenters. The van der Waals surface area contributed by atoms with Crippen molar-refractivity contribution >= 4 is 5.95 Å². The van der Waals surface area contributed by atoms with Crippen LogP contribution in [0.25, 0.3) is 0 Å². The van der Waals surface area contributed by atoms with Crippen molar-refractivity contribution in [1.82, 2.24) is 24.6 Å². The quantitative estimate of drug-likeness (QED) is 0.637. The van der Waals surface area contributed by atoms with Crippen molar-refractivity contribution in [1.29, 1.82) is 0 Å². The van der Waals surface area contributed by atoms with Crippen LogP contribution in [-0.4, -0.2) is 57.9 Å². The summed E-state index contributed by atoms with van der Waals surface area (Å²) in [6.07, 6.45) is 2.45. The molecule has 1 aliphatic rings. The number of piperazine rings is 1. The van der Waals surface area contributed by atoms with E-state index < -0.39 is 0 Å². The fourth-order valence-electron chi connectivity index (χ4n) is 3.62. The van der Waals surface area contributed by atoms with Crippen LogP contribution in [0.15, 0.2) is 42.6 Å². The van der Waals surface area contributed by atoms with Crippen LogP contribution in [0.4, 0.5) is 10.3 Å². The fraction of sp³-hybridized carbons (Fsp3) is 0.381. The molecular weight excluding hydrogens is 371 g/mol. The highest BCUT2D eigenvalue weighted by molar-refractivity contribution is 5.33. The van der Waals surface area contributed by atoms with Gasteiger partial charge in [0.25, 0.3) is 0 Å². The molecule has 1 fully saturated rings. The third kappa shape index (κ3) is 4.37. The second-order valence-electron chi connectivity index (χ2n) is 7.21. The van der Waals surface area contributed by atoms with Gasteiger partial charge in [0.1, 0.15) is 5.82 Å². The maximum absolute atomic E-state index is 13.9. The Bertz CT molecular complexity index is 953. The highest BCUT2D eigenvalue weighted by Gasteiger charge is 2.22. The van der Waals surface area contributed by atoms with Crippen molar-refractivity contribution in [3.05, 3.63) is 65.5 Å². The molecule has 4 rings (SSSR count). The van der Waals surface area contributed by atoms with Gasteiger partial charge in [0.2, 0.25) is 5.95 Å². The average Bonchev–Trinajstić information content (AvgIpc) is 3.10. The van der Waals surface area contributed by atoms with Crippen molar-refractivity contribution in [3.8, 4) is 5.75 Å². The summed E-state index contributed by atoms with van der Waals surface area (Å²) in [4.78, 5) is 8.94. The van der Waals surface area contributed by atoms with Crippen LogP contribution in [-0.2, 0) is 20.0 Å². The number of pyridine rings is 1. The third-order valence-electron chi connectivity index (χ3n) is 5.28. The van der Waals surface area contributed by atoms with E-state index >= 15 is 0 Å². The standard InChI is InChI=1S/C21H25FN6O/c1-26-20(14-17-5-3-4-8-23-17)24-25-21(26)28-11-9-27(10-12-28)15-16-6-7-19(29-2)18(22)13-16/h3-8,13H,9-12,14-15H2,1-2H3. The lowest BCUT2D eigenvalue weighted by atomic mass is 10.2. The summed E-state index contributed by atoms with van der Waals surface area (Å²) in [6.45, 7) is 4.20. The van der Waals surface area contributed by atoms with Crippen molar-refractivity contribution in [3.63, 3.8) is 0 Å². The van der Waals surface area contributed by atoms with E-state index in [4.69, 9.17) is 4.74 Å². The second-order valence-corrected chi connectivity index (χ2v) is 7.21. The number of aromatic nitrogens is 4. The molecule has 2 aromatic heterocycles. The molecule has 0 spiro atoms. The number of nitrogens with zero attached hydrogens (tertiary/aromatic N) is 6. The topological polar surface area (TPSA) is 59.3 Å². The number of hydrogen-bond acceptors (Lipinski definition) is 6. The molecule has 0 radical (unpaired) electrons. The van der Waals surface area contributed by atoms with Crippen molar-refractivity contribution in [2.24, 2.45) is 7.05 Å². The lowest BCUT2D eigenvalue weighted by Crippen LogP contribution is -2.46. The number of ether oxygens (including phenoxy) is 1. The molecule has 1 aromatic carbocycles. The van der Waals surface area contributed by atoms with Gasteiger partial charge < -0.3 is 14.2 Å². The van der Waals surface area contributed by atoms with Gasteiger partial charge in [-0.15, -0.1) is 10.2 Å². The van der Waals surface area contributed by atoms with Gasteiger partial charge >= 0.3 is 0 Å². The molecule has 3 aromatic rings. The first-order valence-electron chi connectivity index (χ1n) is 9.72. The minimum atomic E-state index is -0.317. The predicted octanol–water partition coefficient (Wildman–Crippen LogP) is 2.27. The van der Waals surface area contributed by atoms with Gasteiger partial charge in [0.05, 0.1) is 13.5 Å². The minimum absolute atomic E-state index is 0.280. The van der Waals surface area contributed by atoms with Crippen LogP contribution in [0.3, 0.4) is 0 Å². The molecular formula is C21H25FN6O. The van der Waals surface area contributed by atoms with Gasteiger partial charge in [0.15, 0.2) is 11.6 Å². The Balaban J connectivity index is 1.35. The molecule has 152 valence electrons. The number of methoxy groups -OCH3 is 1. The lowest BCUT2D eigenvalue weighted by molar-refractivity contribution is 0.247. The second kappa shape index (κ2) is 8.57. The first kappa shape index (κ1) is 19.3. The molecule has 0 saturated carbocycles. The number of benzene rings is 1. The number of anilines is 1. The van der Waals surface area contributed by atoms with Crippen molar-refractivity contribution in [2.45, 2.75) is 13.0 Å². The van der Waals surface area contributed by atoms with E-state index in [9.17, 15) is 4.39 Å². The van der Waals surface area contributed by atoms with Crippen molar-refractivity contribution < 1.29 is 9.13 Å². The van der Waals surface area contributed by atoms with Gasteiger partial charge in [-0.3, -0.25) is 9.88 Å². The zero-order valence-corrected chi connectivity index (χ0v) is 16.8. The van der Waals surface area contributed by atoms with Gasteiger partial charge in [0, 0.05) is 51.7 Å². The molecule has 1 aliphatic heterocycles. The van der Waals surface area contributed by atoms with E-state index in [1.165, 1.54) is 7.11 Å². The number of rotatable bonds is 6. The Morgan fingerprint density at radius 1 is 1.07 bits per heavy atom. The zero-order valence-electron chi connectivity index (χ0n) is 16.8. The Morgan fingerprint density at radius 3 is 2.59 bits per heavy atom. The smallest absolute Gasteiger partial charge is 0.227 e. The summed E-state index contributed by atoms with van der Waals surface area (Å²) in [7, 11) is 3.48. The summed E-state index contributed by atoms with van der Waals surface area (Å²) in [5.41, 5.74) is 1.93. The Morgan fingerprint density at radius 2 is 1.90 bits per heavy atom. The van der Waals surface area contributed by atoms with Gasteiger partial charge in [-0.25, -0.2) is 4.39 Å². The van der Waals surface area contributed by atoms with Crippen LogP contribution in [0, 0.1) is 5.82 Å². The number of halogens is 1. The molecule has 8 heteroatoms. The average molecular weight is 396 g/mol.